The molecule has 2 saturated heterocycles. The number of benzene rings is 1. The molecule has 1 aromatic rings. The monoisotopic (exact) mass is 516 g/mol. The van der Waals surface area contributed by atoms with Gasteiger partial charge in [-0.05, 0) is 44.2 Å². The number of carbonyl (C=O) groups excluding carboxylic acids is 1. The average molecular weight is 516 g/mol. The van der Waals surface area contributed by atoms with Gasteiger partial charge in [0.25, 0.3) is 0 Å². The van der Waals surface area contributed by atoms with E-state index in [0.717, 1.165) is 57.3 Å². The summed E-state index contributed by atoms with van der Waals surface area (Å²) in [4.78, 5) is 22.6. The molecule has 1 atom stereocenters. The Morgan fingerprint density at radius 1 is 1.18 bits per heavy atom. The molecule has 5 nitrogen and oxygen atoms in total. The zero-order valence-corrected chi connectivity index (χ0v) is 20.0. The van der Waals surface area contributed by atoms with Crippen molar-refractivity contribution in [1.29, 1.82) is 0 Å². The van der Waals surface area contributed by atoms with E-state index in [0.29, 0.717) is 18.9 Å². The van der Waals surface area contributed by atoms with Crippen molar-refractivity contribution in [3.05, 3.63) is 30.3 Å². The molecule has 7 heteroatoms. The number of guanidine groups is 1. The molecule has 3 rings (SSSR count). The van der Waals surface area contributed by atoms with E-state index < -0.39 is 0 Å². The lowest BCUT2D eigenvalue weighted by Gasteiger charge is -2.22. The first kappa shape index (κ1) is 23.3. The highest BCUT2D eigenvalue weighted by molar-refractivity contribution is 14.0. The molecule has 0 saturated carbocycles. The fourth-order valence-electron chi connectivity index (χ4n) is 3.70. The first-order valence-electron chi connectivity index (χ1n) is 10.2. The van der Waals surface area contributed by atoms with Crippen LogP contribution >= 0.6 is 35.7 Å². The van der Waals surface area contributed by atoms with Crippen molar-refractivity contribution in [1.82, 2.24) is 15.1 Å². The van der Waals surface area contributed by atoms with Crippen molar-refractivity contribution in [2.45, 2.75) is 37.5 Å². The number of nitrogens with one attached hydrogen (secondary N) is 1. The summed E-state index contributed by atoms with van der Waals surface area (Å²) in [5, 5.41) is 3.41. The Morgan fingerprint density at radius 3 is 2.64 bits per heavy atom. The van der Waals surface area contributed by atoms with Gasteiger partial charge >= 0.3 is 0 Å². The van der Waals surface area contributed by atoms with Gasteiger partial charge in [-0.1, -0.05) is 18.2 Å². The van der Waals surface area contributed by atoms with Gasteiger partial charge in [0.05, 0.1) is 6.54 Å². The van der Waals surface area contributed by atoms with Gasteiger partial charge in [-0.15, -0.1) is 35.7 Å². The van der Waals surface area contributed by atoms with Crippen LogP contribution in [0.15, 0.2) is 40.2 Å². The maximum absolute atomic E-state index is 12.2. The third kappa shape index (κ3) is 7.13. The molecule has 1 aromatic carbocycles. The number of likely N-dealkylation sites (tertiary alicyclic amines) is 2. The smallest absolute Gasteiger partial charge is 0.224 e. The van der Waals surface area contributed by atoms with Crippen LogP contribution in [-0.4, -0.2) is 66.7 Å². The normalized spacial score (nSPS) is 19.6. The lowest BCUT2D eigenvalue weighted by Crippen LogP contribution is -2.40. The van der Waals surface area contributed by atoms with Gasteiger partial charge in [0, 0.05) is 49.8 Å². The van der Waals surface area contributed by atoms with Crippen LogP contribution in [0.1, 0.15) is 32.6 Å². The molecule has 0 aliphatic carbocycles. The molecule has 0 spiro atoms. The van der Waals surface area contributed by atoms with Crippen molar-refractivity contribution in [3.63, 3.8) is 0 Å². The van der Waals surface area contributed by atoms with Crippen LogP contribution in [0.3, 0.4) is 0 Å². The van der Waals surface area contributed by atoms with Crippen molar-refractivity contribution in [2.75, 3.05) is 45.0 Å². The van der Waals surface area contributed by atoms with Gasteiger partial charge in [-0.3, -0.25) is 9.79 Å². The van der Waals surface area contributed by atoms with Crippen LogP contribution in [0.4, 0.5) is 0 Å². The highest BCUT2D eigenvalue weighted by Crippen LogP contribution is 2.25. The van der Waals surface area contributed by atoms with E-state index in [4.69, 9.17) is 4.99 Å². The molecule has 1 amide bonds. The Balaban J connectivity index is 0.00000280. The number of rotatable bonds is 7. The molecule has 0 bridgehead atoms. The lowest BCUT2D eigenvalue weighted by atomic mass is 10.2. The van der Waals surface area contributed by atoms with E-state index >= 15 is 0 Å². The summed E-state index contributed by atoms with van der Waals surface area (Å²) in [7, 11) is 0. The second kappa shape index (κ2) is 12.6. The van der Waals surface area contributed by atoms with Crippen molar-refractivity contribution >= 4 is 47.6 Å². The van der Waals surface area contributed by atoms with Crippen LogP contribution in [0.25, 0.3) is 0 Å². The van der Waals surface area contributed by atoms with E-state index in [1.54, 1.807) is 0 Å². The molecule has 2 fully saturated rings. The second-order valence-corrected chi connectivity index (χ2v) is 8.39. The Morgan fingerprint density at radius 2 is 1.93 bits per heavy atom. The summed E-state index contributed by atoms with van der Waals surface area (Å²) < 4.78 is 0. The molecule has 1 N–H and O–H groups in total. The maximum Gasteiger partial charge on any atom is 0.224 e. The highest BCUT2D eigenvalue weighted by atomic mass is 127. The number of carbonyl (C=O) groups is 1. The first-order valence-corrected chi connectivity index (χ1v) is 11.2. The van der Waals surface area contributed by atoms with Gasteiger partial charge in [-0.25, -0.2) is 0 Å². The summed E-state index contributed by atoms with van der Waals surface area (Å²) in [5.41, 5.74) is 0. The van der Waals surface area contributed by atoms with Crippen LogP contribution in [0, 0.1) is 5.92 Å². The van der Waals surface area contributed by atoms with Crippen molar-refractivity contribution in [3.8, 4) is 0 Å². The third-order valence-corrected chi connectivity index (χ3v) is 6.44. The summed E-state index contributed by atoms with van der Waals surface area (Å²) in [6.07, 6.45) is 4.02. The molecule has 0 aromatic heterocycles. The summed E-state index contributed by atoms with van der Waals surface area (Å²) in [5.74, 6) is 3.06. The molecule has 28 heavy (non-hydrogen) atoms. The van der Waals surface area contributed by atoms with E-state index in [-0.39, 0.29) is 29.9 Å². The van der Waals surface area contributed by atoms with Gasteiger partial charge in [0.15, 0.2) is 5.96 Å². The van der Waals surface area contributed by atoms with Crippen LogP contribution in [0.2, 0.25) is 0 Å². The van der Waals surface area contributed by atoms with Crippen LogP contribution in [0.5, 0.6) is 0 Å². The molecule has 0 radical (unpaired) electrons. The number of amides is 1. The number of thioether (sulfide) groups is 1. The molecule has 1 unspecified atom stereocenters. The Bertz CT molecular complexity index is 622. The van der Waals surface area contributed by atoms with Crippen molar-refractivity contribution in [2.24, 2.45) is 10.9 Å². The van der Waals surface area contributed by atoms with Gasteiger partial charge in [0.2, 0.25) is 5.91 Å². The molecule has 2 aliphatic rings. The van der Waals surface area contributed by atoms with E-state index in [2.05, 4.69) is 47.5 Å². The first-order chi connectivity index (χ1) is 13.3. The Kier molecular flexibility index (Phi) is 10.5. The topological polar surface area (TPSA) is 47.9 Å². The number of aliphatic imine (C=N–C) groups is 1. The Labute approximate surface area is 190 Å². The summed E-state index contributed by atoms with van der Waals surface area (Å²) in [6.45, 7) is 7.49. The fraction of sp³-hybridized carbons (Fsp3) is 0.619. The zero-order chi connectivity index (χ0) is 18.9. The van der Waals surface area contributed by atoms with E-state index in [1.165, 1.54) is 11.3 Å². The minimum Gasteiger partial charge on any atom is -0.357 e. The number of nitrogens with zero attached hydrogens (tertiary/aromatic N) is 3. The highest BCUT2D eigenvalue weighted by Gasteiger charge is 2.25. The largest absolute Gasteiger partial charge is 0.357 e. The standard InChI is InChI=1S/C21H32N4OS.HI/c1-2-22-21(23-12-10-20(26)24-13-6-7-14-24)25-15-11-18(16-25)17-27-19-8-4-3-5-9-19;/h3-5,8-9,18H,2,6-7,10-17H2,1H3,(H,22,23);1H. The minimum atomic E-state index is 0. The predicted molar refractivity (Wildman–Crippen MR) is 129 cm³/mol. The maximum atomic E-state index is 12.2. The minimum absolute atomic E-state index is 0. The van der Waals surface area contributed by atoms with Gasteiger partial charge in [-0.2, -0.15) is 0 Å². The molecular weight excluding hydrogens is 483 g/mol. The molecular formula is C21H33IN4OS. The SMILES string of the molecule is CCNC(=NCCC(=O)N1CCCC1)N1CCC(CSc2ccccc2)C1.I. The van der Waals surface area contributed by atoms with Gasteiger partial charge in [0.1, 0.15) is 0 Å². The average Bonchev–Trinajstić information content (AvgIpc) is 3.38. The zero-order valence-electron chi connectivity index (χ0n) is 16.8. The van der Waals surface area contributed by atoms with Gasteiger partial charge < -0.3 is 15.1 Å². The lowest BCUT2D eigenvalue weighted by molar-refractivity contribution is -0.129. The molecule has 156 valence electrons. The predicted octanol–water partition coefficient (Wildman–Crippen LogP) is 3.70. The van der Waals surface area contributed by atoms with Crippen LogP contribution in [-0.2, 0) is 4.79 Å². The van der Waals surface area contributed by atoms with Crippen molar-refractivity contribution < 1.29 is 4.79 Å². The number of hydrogen-bond donors (Lipinski definition) is 1. The molecule has 2 aliphatic heterocycles. The van der Waals surface area contributed by atoms with Crippen LogP contribution < -0.4 is 5.32 Å². The number of halogens is 1. The fourth-order valence-corrected chi connectivity index (χ4v) is 4.75. The summed E-state index contributed by atoms with van der Waals surface area (Å²) >= 11 is 1.94. The second-order valence-electron chi connectivity index (χ2n) is 7.30. The summed E-state index contributed by atoms with van der Waals surface area (Å²) in [6, 6.07) is 10.6. The number of hydrogen-bond acceptors (Lipinski definition) is 3. The molecule has 2 heterocycles. The third-order valence-electron chi connectivity index (χ3n) is 5.20. The van der Waals surface area contributed by atoms with E-state index in [1.807, 2.05) is 16.7 Å². The quantitative estimate of drug-likeness (QED) is 0.260. The van der Waals surface area contributed by atoms with E-state index in [9.17, 15) is 4.79 Å². The Hall–Kier alpha value is -0.960.